The molecule has 0 heterocycles. The van der Waals surface area contributed by atoms with E-state index in [2.05, 4.69) is 21.2 Å². The van der Waals surface area contributed by atoms with E-state index < -0.39 is 28.5 Å². The van der Waals surface area contributed by atoms with Crippen LogP contribution in [0, 0.1) is 12.8 Å². The van der Waals surface area contributed by atoms with Crippen LogP contribution in [0.1, 0.15) is 30.5 Å². The first-order chi connectivity index (χ1) is 18.4. The molecule has 0 fully saturated rings. The number of nitrogens with one attached hydrogen (secondary N) is 1. The molecule has 3 aromatic carbocycles. The molecule has 0 aliphatic heterocycles. The monoisotopic (exact) mass is 613 g/mol. The van der Waals surface area contributed by atoms with Crippen molar-refractivity contribution in [2.45, 2.75) is 39.8 Å². The summed E-state index contributed by atoms with van der Waals surface area (Å²) in [7, 11) is -3.80. The second-order valence-corrected chi connectivity index (χ2v) is 12.9. The van der Waals surface area contributed by atoms with Crippen LogP contribution in [0.4, 0.5) is 5.69 Å². The SMILES string of the molecule is Cc1cccc(CN(C(=O)CN(c2ccc(Br)cc2)S(C)(=O)=O)[C@H](Cc2ccccc2)C(=O)NCC(C)C)c1. The van der Waals surface area contributed by atoms with Crippen molar-refractivity contribution in [1.82, 2.24) is 10.2 Å². The fraction of sp³-hybridized carbons (Fsp3) is 0.333. The van der Waals surface area contributed by atoms with E-state index in [9.17, 15) is 18.0 Å². The second-order valence-electron chi connectivity index (χ2n) is 10.1. The molecule has 0 spiro atoms. The van der Waals surface area contributed by atoms with Gasteiger partial charge in [-0.2, -0.15) is 0 Å². The van der Waals surface area contributed by atoms with E-state index in [0.717, 1.165) is 31.7 Å². The zero-order valence-corrected chi connectivity index (χ0v) is 25.2. The molecule has 2 amide bonds. The number of nitrogens with zero attached hydrogens (tertiary/aromatic N) is 2. The molecule has 39 heavy (non-hydrogen) atoms. The molecule has 0 unspecified atom stereocenters. The first-order valence-corrected chi connectivity index (χ1v) is 15.5. The summed E-state index contributed by atoms with van der Waals surface area (Å²) < 4.78 is 27.5. The van der Waals surface area contributed by atoms with Crippen molar-refractivity contribution in [2.75, 3.05) is 23.7 Å². The van der Waals surface area contributed by atoms with E-state index in [0.29, 0.717) is 18.7 Å². The zero-order valence-electron chi connectivity index (χ0n) is 22.8. The molecular formula is C30H36BrN3O4S. The number of anilines is 1. The molecule has 1 atom stereocenters. The normalized spacial score (nSPS) is 12.2. The zero-order chi connectivity index (χ0) is 28.6. The second kappa shape index (κ2) is 13.8. The molecule has 3 aromatic rings. The Kier molecular flexibility index (Phi) is 10.7. The van der Waals surface area contributed by atoms with Crippen molar-refractivity contribution in [1.29, 1.82) is 0 Å². The lowest BCUT2D eigenvalue weighted by molar-refractivity contribution is -0.140. The lowest BCUT2D eigenvalue weighted by Gasteiger charge is -2.33. The number of hydrogen-bond donors (Lipinski definition) is 1. The topological polar surface area (TPSA) is 86.8 Å². The van der Waals surface area contributed by atoms with Gasteiger partial charge in [-0.3, -0.25) is 13.9 Å². The number of amides is 2. The molecule has 3 rings (SSSR count). The third kappa shape index (κ3) is 9.21. The summed E-state index contributed by atoms with van der Waals surface area (Å²) in [6.45, 7) is 6.16. The van der Waals surface area contributed by atoms with Crippen LogP contribution in [-0.4, -0.2) is 50.5 Å². The fourth-order valence-corrected chi connectivity index (χ4v) is 5.32. The summed E-state index contributed by atoms with van der Waals surface area (Å²) in [5, 5.41) is 2.99. The van der Waals surface area contributed by atoms with Gasteiger partial charge in [0.15, 0.2) is 0 Å². The molecule has 0 saturated carbocycles. The van der Waals surface area contributed by atoms with Crippen LogP contribution >= 0.6 is 15.9 Å². The number of benzene rings is 3. The van der Waals surface area contributed by atoms with Gasteiger partial charge < -0.3 is 10.2 Å². The maximum Gasteiger partial charge on any atom is 0.244 e. The van der Waals surface area contributed by atoms with E-state index in [1.807, 2.05) is 75.4 Å². The van der Waals surface area contributed by atoms with E-state index in [4.69, 9.17) is 0 Å². The highest BCUT2D eigenvalue weighted by Gasteiger charge is 2.33. The number of rotatable bonds is 12. The van der Waals surface area contributed by atoms with Crippen molar-refractivity contribution in [3.63, 3.8) is 0 Å². The van der Waals surface area contributed by atoms with Crippen LogP contribution in [0.15, 0.2) is 83.3 Å². The van der Waals surface area contributed by atoms with E-state index in [1.165, 1.54) is 4.90 Å². The Morgan fingerprint density at radius 1 is 0.923 bits per heavy atom. The average molecular weight is 615 g/mol. The van der Waals surface area contributed by atoms with Gasteiger partial charge in [0.05, 0.1) is 11.9 Å². The minimum Gasteiger partial charge on any atom is -0.354 e. The smallest absolute Gasteiger partial charge is 0.244 e. The summed E-state index contributed by atoms with van der Waals surface area (Å²) in [4.78, 5) is 29.1. The highest BCUT2D eigenvalue weighted by molar-refractivity contribution is 9.10. The first-order valence-electron chi connectivity index (χ1n) is 12.8. The van der Waals surface area contributed by atoms with Gasteiger partial charge in [0, 0.05) is 24.0 Å². The third-order valence-electron chi connectivity index (χ3n) is 6.18. The maximum atomic E-state index is 14.0. The maximum absolute atomic E-state index is 14.0. The molecule has 208 valence electrons. The summed E-state index contributed by atoms with van der Waals surface area (Å²) in [5.41, 5.74) is 3.15. The van der Waals surface area contributed by atoms with E-state index >= 15 is 0 Å². The van der Waals surface area contributed by atoms with Crippen LogP contribution in [0.2, 0.25) is 0 Å². The largest absolute Gasteiger partial charge is 0.354 e. The Bertz CT molecular complexity index is 1360. The fourth-order valence-electron chi connectivity index (χ4n) is 4.20. The summed E-state index contributed by atoms with van der Waals surface area (Å²) in [6.07, 6.45) is 1.36. The number of carbonyl (C=O) groups excluding carboxylic acids is 2. The molecule has 7 nitrogen and oxygen atoms in total. The standard InChI is InChI=1S/C30H36BrN3O4S/c1-22(2)19-32-30(36)28(18-24-10-6-5-7-11-24)33(20-25-12-8-9-23(3)17-25)29(35)21-34(39(4,37)38)27-15-13-26(31)14-16-27/h5-17,22,28H,18-21H2,1-4H3,(H,32,36)/t28-/m1/s1. The molecule has 0 aliphatic carbocycles. The van der Waals surface area contributed by atoms with Gasteiger partial charge in [-0.1, -0.05) is 89.9 Å². The number of hydrogen-bond acceptors (Lipinski definition) is 4. The van der Waals surface area contributed by atoms with Crippen LogP contribution in [-0.2, 0) is 32.6 Å². The summed E-state index contributed by atoms with van der Waals surface area (Å²) in [5.74, 6) is -0.515. The van der Waals surface area contributed by atoms with Crippen LogP contribution in [0.25, 0.3) is 0 Å². The van der Waals surface area contributed by atoms with Gasteiger partial charge in [0.25, 0.3) is 0 Å². The summed E-state index contributed by atoms with van der Waals surface area (Å²) >= 11 is 3.37. The van der Waals surface area contributed by atoms with Gasteiger partial charge in [0.1, 0.15) is 12.6 Å². The highest BCUT2D eigenvalue weighted by Crippen LogP contribution is 2.22. The van der Waals surface area contributed by atoms with Crippen molar-refractivity contribution >= 4 is 43.5 Å². The number of sulfonamides is 1. The van der Waals surface area contributed by atoms with Crippen LogP contribution in [0.3, 0.4) is 0 Å². The number of halogens is 1. The van der Waals surface area contributed by atoms with Crippen molar-refractivity contribution in [3.05, 3.63) is 100 Å². The predicted molar refractivity (Wildman–Crippen MR) is 160 cm³/mol. The molecule has 0 radical (unpaired) electrons. The Morgan fingerprint density at radius 3 is 2.15 bits per heavy atom. The van der Waals surface area contributed by atoms with Crippen LogP contribution < -0.4 is 9.62 Å². The quantitative estimate of drug-likeness (QED) is 0.314. The van der Waals surface area contributed by atoms with Crippen molar-refractivity contribution < 1.29 is 18.0 Å². The van der Waals surface area contributed by atoms with Crippen LogP contribution in [0.5, 0.6) is 0 Å². The first kappa shape index (κ1) is 30.4. The molecule has 0 aliphatic rings. The molecular weight excluding hydrogens is 578 g/mol. The molecule has 0 saturated heterocycles. The summed E-state index contributed by atoms with van der Waals surface area (Å²) in [6, 6.07) is 23.1. The Hall–Kier alpha value is -3.17. The minimum atomic E-state index is -3.80. The molecule has 9 heteroatoms. The van der Waals surface area contributed by atoms with Crippen molar-refractivity contribution in [3.8, 4) is 0 Å². The van der Waals surface area contributed by atoms with Gasteiger partial charge in [-0.05, 0) is 48.2 Å². The van der Waals surface area contributed by atoms with Gasteiger partial charge >= 0.3 is 0 Å². The lowest BCUT2D eigenvalue weighted by atomic mass is 10.0. The number of aryl methyl sites for hydroxylation is 1. The van der Waals surface area contributed by atoms with E-state index in [-0.39, 0.29) is 18.4 Å². The highest BCUT2D eigenvalue weighted by atomic mass is 79.9. The predicted octanol–water partition coefficient (Wildman–Crippen LogP) is 4.94. The van der Waals surface area contributed by atoms with Gasteiger partial charge in [-0.25, -0.2) is 8.42 Å². The van der Waals surface area contributed by atoms with Gasteiger partial charge in [-0.15, -0.1) is 0 Å². The number of carbonyl (C=O) groups is 2. The van der Waals surface area contributed by atoms with E-state index in [1.54, 1.807) is 24.3 Å². The molecule has 1 N–H and O–H groups in total. The van der Waals surface area contributed by atoms with Gasteiger partial charge in [0.2, 0.25) is 21.8 Å². The Labute approximate surface area is 240 Å². The van der Waals surface area contributed by atoms with Crippen molar-refractivity contribution in [2.24, 2.45) is 5.92 Å². The Balaban J connectivity index is 2.04. The average Bonchev–Trinajstić information content (AvgIpc) is 2.88. The minimum absolute atomic E-state index is 0.158. The molecule has 0 aromatic heterocycles. The molecule has 0 bridgehead atoms. The third-order valence-corrected chi connectivity index (χ3v) is 7.85. The lowest BCUT2D eigenvalue weighted by Crippen LogP contribution is -2.53. The Morgan fingerprint density at radius 2 is 1.56 bits per heavy atom.